The number of rotatable bonds is 1. The van der Waals surface area contributed by atoms with Gasteiger partial charge in [-0.25, -0.2) is 0 Å². The molecule has 1 rings (SSSR count). The Hall–Kier alpha value is 0.200. The second kappa shape index (κ2) is 3.55. The Bertz CT molecular complexity index is 237. The molecular weight excluding hydrogens is 260 g/mol. The van der Waals surface area contributed by atoms with Crippen molar-refractivity contribution in [2.75, 3.05) is 0 Å². The Labute approximate surface area is 78.7 Å². The van der Waals surface area contributed by atoms with Crippen LogP contribution < -0.4 is 5.73 Å². The summed E-state index contributed by atoms with van der Waals surface area (Å²) in [5.74, 6) is 0. The summed E-state index contributed by atoms with van der Waals surface area (Å²) < 4.78 is 1.07. The average molecular weight is 267 g/mol. The maximum absolute atomic E-state index is 5.83. The molecule has 0 unspecified atom stereocenters. The van der Waals surface area contributed by atoms with Crippen molar-refractivity contribution in [3.05, 3.63) is 32.4 Å². The van der Waals surface area contributed by atoms with Crippen molar-refractivity contribution < 1.29 is 0 Å². The lowest BCUT2D eigenvalue weighted by Crippen LogP contribution is -1.95. The SMILES string of the molecule is NCc1ccc(I)c(Cl)c1. The molecule has 0 amide bonds. The molecule has 0 aliphatic heterocycles. The Kier molecular flexibility index (Phi) is 2.95. The molecule has 3 heteroatoms. The molecule has 1 aromatic rings. The first-order valence-corrected chi connectivity index (χ1v) is 4.33. The van der Waals surface area contributed by atoms with E-state index in [9.17, 15) is 0 Å². The van der Waals surface area contributed by atoms with Crippen molar-refractivity contribution in [1.82, 2.24) is 0 Å². The first-order valence-electron chi connectivity index (χ1n) is 2.88. The van der Waals surface area contributed by atoms with Gasteiger partial charge in [0.2, 0.25) is 0 Å². The van der Waals surface area contributed by atoms with Crippen molar-refractivity contribution >= 4 is 34.2 Å². The second-order valence-electron chi connectivity index (χ2n) is 1.95. The predicted octanol–water partition coefficient (Wildman–Crippen LogP) is 2.40. The number of hydrogen-bond donors (Lipinski definition) is 1. The fraction of sp³-hybridized carbons (Fsp3) is 0.143. The monoisotopic (exact) mass is 267 g/mol. The third-order valence-corrected chi connectivity index (χ3v) is 2.79. The van der Waals surface area contributed by atoms with Gasteiger partial charge < -0.3 is 5.73 Å². The summed E-state index contributed by atoms with van der Waals surface area (Å²) in [6, 6.07) is 5.84. The maximum atomic E-state index is 5.83. The summed E-state index contributed by atoms with van der Waals surface area (Å²) in [6.45, 7) is 0.552. The van der Waals surface area contributed by atoms with Gasteiger partial charge in [-0.3, -0.25) is 0 Å². The zero-order valence-corrected chi connectivity index (χ0v) is 8.19. The van der Waals surface area contributed by atoms with Gasteiger partial charge in [0.05, 0.1) is 5.02 Å². The van der Waals surface area contributed by atoms with Crippen LogP contribution >= 0.6 is 34.2 Å². The highest BCUT2D eigenvalue weighted by molar-refractivity contribution is 14.1. The molecule has 1 aromatic carbocycles. The third-order valence-electron chi connectivity index (χ3n) is 1.22. The molecule has 0 heterocycles. The van der Waals surface area contributed by atoms with Gasteiger partial charge >= 0.3 is 0 Å². The van der Waals surface area contributed by atoms with Gasteiger partial charge in [-0.2, -0.15) is 0 Å². The largest absolute Gasteiger partial charge is 0.326 e. The van der Waals surface area contributed by atoms with Gasteiger partial charge in [0.1, 0.15) is 0 Å². The minimum atomic E-state index is 0.552. The van der Waals surface area contributed by atoms with Crippen molar-refractivity contribution in [2.45, 2.75) is 6.54 Å². The molecule has 0 saturated carbocycles. The van der Waals surface area contributed by atoms with Crippen LogP contribution in [0.5, 0.6) is 0 Å². The molecular formula is C7H7ClIN. The Morgan fingerprint density at radius 1 is 1.50 bits per heavy atom. The van der Waals surface area contributed by atoms with Gasteiger partial charge in [0.15, 0.2) is 0 Å². The molecule has 0 fully saturated rings. The van der Waals surface area contributed by atoms with E-state index < -0.39 is 0 Å². The molecule has 0 saturated heterocycles. The zero-order valence-electron chi connectivity index (χ0n) is 5.27. The van der Waals surface area contributed by atoms with E-state index in [-0.39, 0.29) is 0 Å². The van der Waals surface area contributed by atoms with Gasteiger partial charge in [0, 0.05) is 10.1 Å². The molecule has 54 valence electrons. The molecule has 0 bridgehead atoms. The lowest BCUT2D eigenvalue weighted by Gasteiger charge is -1.98. The van der Waals surface area contributed by atoms with Crippen LogP contribution in [-0.2, 0) is 6.54 Å². The standard InChI is InChI=1S/C7H7ClIN/c8-6-3-5(4-10)1-2-7(6)9/h1-3H,4,10H2. The zero-order chi connectivity index (χ0) is 7.56. The van der Waals surface area contributed by atoms with Crippen LogP contribution in [0, 0.1) is 3.57 Å². The summed E-state index contributed by atoms with van der Waals surface area (Å²) in [6.07, 6.45) is 0. The highest BCUT2D eigenvalue weighted by Gasteiger charge is 1.95. The maximum Gasteiger partial charge on any atom is 0.0542 e. The predicted molar refractivity (Wildman–Crippen MR) is 52.1 cm³/mol. The molecule has 10 heavy (non-hydrogen) atoms. The van der Waals surface area contributed by atoms with E-state index in [2.05, 4.69) is 22.6 Å². The summed E-state index contributed by atoms with van der Waals surface area (Å²) in [5.41, 5.74) is 6.48. The molecule has 2 N–H and O–H groups in total. The van der Waals surface area contributed by atoms with E-state index in [1.54, 1.807) is 0 Å². The summed E-state index contributed by atoms with van der Waals surface area (Å²) in [7, 11) is 0. The van der Waals surface area contributed by atoms with Crippen LogP contribution in [0.4, 0.5) is 0 Å². The van der Waals surface area contributed by atoms with Crippen LogP contribution in [0.1, 0.15) is 5.56 Å². The van der Waals surface area contributed by atoms with Crippen molar-refractivity contribution in [1.29, 1.82) is 0 Å². The first-order chi connectivity index (χ1) is 4.74. The Morgan fingerprint density at radius 3 is 2.70 bits per heavy atom. The van der Waals surface area contributed by atoms with E-state index in [0.717, 1.165) is 14.2 Å². The number of hydrogen-bond acceptors (Lipinski definition) is 1. The molecule has 0 atom stereocenters. The highest BCUT2D eigenvalue weighted by Crippen LogP contribution is 2.18. The quantitative estimate of drug-likeness (QED) is 0.777. The van der Waals surface area contributed by atoms with Gasteiger partial charge in [0.25, 0.3) is 0 Å². The van der Waals surface area contributed by atoms with E-state index in [1.807, 2.05) is 18.2 Å². The molecule has 0 spiro atoms. The fourth-order valence-electron chi connectivity index (χ4n) is 0.667. The average Bonchev–Trinajstić information content (AvgIpc) is 1.95. The molecule has 0 aromatic heterocycles. The smallest absolute Gasteiger partial charge is 0.0542 e. The minimum Gasteiger partial charge on any atom is -0.326 e. The van der Waals surface area contributed by atoms with Crippen molar-refractivity contribution in [2.24, 2.45) is 5.73 Å². The number of benzene rings is 1. The number of nitrogens with two attached hydrogens (primary N) is 1. The van der Waals surface area contributed by atoms with Gasteiger partial charge in [-0.05, 0) is 40.3 Å². The van der Waals surface area contributed by atoms with E-state index >= 15 is 0 Å². The molecule has 0 aliphatic carbocycles. The van der Waals surface area contributed by atoms with E-state index in [1.165, 1.54) is 0 Å². The molecule has 0 radical (unpaired) electrons. The molecule has 0 aliphatic rings. The van der Waals surface area contributed by atoms with E-state index in [0.29, 0.717) is 6.54 Å². The lowest BCUT2D eigenvalue weighted by atomic mass is 10.2. The number of halogens is 2. The first kappa shape index (κ1) is 8.30. The molecule has 1 nitrogen and oxygen atoms in total. The normalized spacial score (nSPS) is 9.90. The van der Waals surface area contributed by atoms with Crippen LogP contribution in [0.25, 0.3) is 0 Å². The Morgan fingerprint density at radius 2 is 2.20 bits per heavy atom. The van der Waals surface area contributed by atoms with Crippen LogP contribution in [0.15, 0.2) is 18.2 Å². The van der Waals surface area contributed by atoms with E-state index in [4.69, 9.17) is 17.3 Å². The highest BCUT2D eigenvalue weighted by atomic mass is 127. The summed E-state index contributed by atoms with van der Waals surface area (Å²) in [4.78, 5) is 0. The Balaban J connectivity index is 3.04. The minimum absolute atomic E-state index is 0.552. The van der Waals surface area contributed by atoms with Crippen LogP contribution in [-0.4, -0.2) is 0 Å². The fourth-order valence-corrected chi connectivity index (χ4v) is 1.21. The third kappa shape index (κ3) is 1.84. The van der Waals surface area contributed by atoms with Crippen molar-refractivity contribution in [3.8, 4) is 0 Å². The van der Waals surface area contributed by atoms with Gasteiger partial charge in [-0.1, -0.05) is 17.7 Å². The second-order valence-corrected chi connectivity index (χ2v) is 3.52. The van der Waals surface area contributed by atoms with Crippen LogP contribution in [0.2, 0.25) is 5.02 Å². The van der Waals surface area contributed by atoms with Crippen LogP contribution in [0.3, 0.4) is 0 Å². The summed E-state index contributed by atoms with van der Waals surface area (Å²) in [5, 5.41) is 0.781. The van der Waals surface area contributed by atoms with Crippen molar-refractivity contribution in [3.63, 3.8) is 0 Å². The summed E-state index contributed by atoms with van der Waals surface area (Å²) >= 11 is 8.01. The topological polar surface area (TPSA) is 26.0 Å². The lowest BCUT2D eigenvalue weighted by molar-refractivity contribution is 1.07. The van der Waals surface area contributed by atoms with Gasteiger partial charge in [-0.15, -0.1) is 0 Å².